The van der Waals surface area contributed by atoms with Gasteiger partial charge < -0.3 is 15.1 Å². The van der Waals surface area contributed by atoms with Crippen LogP contribution in [0.3, 0.4) is 0 Å². The van der Waals surface area contributed by atoms with E-state index in [9.17, 15) is 4.79 Å². The summed E-state index contributed by atoms with van der Waals surface area (Å²) in [6, 6.07) is 16.9. The molecule has 7 nitrogen and oxygen atoms in total. The van der Waals surface area contributed by atoms with Crippen LogP contribution < -0.4 is 10.6 Å². The van der Waals surface area contributed by atoms with Crippen LogP contribution in [0.4, 0.5) is 11.6 Å². The SMILES string of the molecule is Cc1cnc(Nc2ccccc2)nc1-c1coc(C(=O)NCc2cccc(Cl)c2)n1. The molecule has 0 atom stereocenters. The molecule has 30 heavy (non-hydrogen) atoms. The summed E-state index contributed by atoms with van der Waals surface area (Å²) in [5.74, 6) is -0.0325. The van der Waals surface area contributed by atoms with Gasteiger partial charge in [-0.25, -0.2) is 15.0 Å². The van der Waals surface area contributed by atoms with Crippen molar-refractivity contribution in [2.75, 3.05) is 5.32 Å². The van der Waals surface area contributed by atoms with Crippen LogP contribution in [0.15, 0.2) is 71.5 Å². The highest BCUT2D eigenvalue weighted by Crippen LogP contribution is 2.22. The quantitative estimate of drug-likeness (QED) is 0.467. The molecule has 0 saturated heterocycles. The summed E-state index contributed by atoms with van der Waals surface area (Å²) in [6.07, 6.45) is 3.11. The first-order chi connectivity index (χ1) is 14.6. The number of oxazole rings is 1. The number of nitrogens with one attached hydrogen (secondary N) is 2. The summed E-state index contributed by atoms with van der Waals surface area (Å²) in [6.45, 7) is 2.18. The Bertz CT molecular complexity index is 1180. The number of anilines is 2. The molecular weight excluding hydrogens is 402 g/mol. The number of rotatable bonds is 6. The molecule has 0 unspecified atom stereocenters. The zero-order valence-electron chi connectivity index (χ0n) is 16.1. The van der Waals surface area contributed by atoms with E-state index in [4.69, 9.17) is 16.0 Å². The van der Waals surface area contributed by atoms with Gasteiger partial charge in [0, 0.05) is 23.5 Å². The monoisotopic (exact) mass is 419 g/mol. The maximum atomic E-state index is 12.4. The largest absolute Gasteiger partial charge is 0.440 e. The Hall–Kier alpha value is -3.71. The fraction of sp³-hybridized carbons (Fsp3) is 0.0909. The van der Waals surface area contributed by atoms with Gasteiger partial charge in [0.2, 0.25) is 5.95 Å². The fourth-order valence-corrected chi connectivity index (χ4v) is 3.02. The normalized spacial score (nSPS) is 10.6. The predicted octanol–water partition coefficient (Wildman–Crippen LogP) is 4.77. The number of aryl methyl sites for hydroxylation is 1. The van der Waals surface area contributed by atoms with E-state index in [1.807, 2.05) is 49.4 Å². The number of amides is 1. The van der Waals surface area contributed by atoms with Crippen LogP contribution in [0.2, 0.25) is 5.02 Å². The summed E-state index contributed by atoms with van der Waals surface area (Å²) in [4.78, 5) is 25.5. The Morgan fingerprint density at radius 1 is 1.10 bits per heavy atom. The van der Waals surface area contributed by atoms with Crippen molar-refractivity contribution in [1.82, 2.24) is 20.3 Å². The van der Waals surface area contributed by atoms with E-state index in [1.54, 1.807) is 18.3 Å². The summed E-state index contributed by atoms with van der Waals surface area (Å²) in [7, 11) is 0. The van der Waals surface area contributed by atoms with Gasteiger partial charge in [0.05, 0.1) is 0 Å². The number of hydrogen-bond donors (Lipinski definition) is 2. The molecule has 2 heterocycles. The Balaban J connectivity index is 1.49. The smallest absolute Gasteiger partial charge is 0.307 e. The second kappa shape index (κ2) is 8.75. The van der Waals surface area contributed by atoms with E-state index in [0.29, 0.717) is 28.9 Å². The molecule has 0 aliphatic heterocycles. The van der Waals surface area contributed by atoms with Crippen molar-refractivity contribution in [1.29, 1.82) is 0 Å². The lowest BCUT2D eigenvalue weighted by Crippen LogP contribution is -2.23. The van der Waals surface area contributed by atoms with Crippen molar-refractivity contribution >= 4 is 29.1 Å². The number of para-hydroxylation sites is 1. The van der Waals surface area contributed by atoms with Crippen LogP contribution >= 0.6 is 11.6 Å². The molecule has 2 N–H and O–H groups in total. The average molecular weight is 420 g/mol. The minimum absolute atomic E-state index is 0.0393. The van der Waals surface area contributed by atoms with Gasteiger partial charge in [-0.05, 0) is 42.3 Å². The van der Waals surface area contributed by atoms with Crippen molar-refractivity contribution in [2.24, 2.45) is 0 Å². The summed E-state index contributed by atoms with van der Waals surface area (Å²) in [5.41, 5.74) is 3.60. The molecule has 0 spiro atoms. The van der Waals surface area contributed by atoms with Crippen molar-refractivity contribution in [3.05, 3.63) is 89.1 Å². The Kier molecular flexibility index (Phi) is 5.72. The lowest BCUT2D eigenvalue weighted by molar-refractivity contribution is 0.0916. The van der Waals surface area contributed by atoms with Crippen LogP contribution in [0.5, 0.6) is 0 Å². The molecular formula is C22H18ClN5O2. The van der Waals surface area contributed by atoms with Gasteiger partial charge in [0.1, 0.15) is 17.7 Å². The number of carbonyl (C=O) groups is 1. The Morgan fingerprint density at radius 2 is 1.93 bits per heavy atom. The molecule has 0 aliphatic carbocycles. The molecule has 4 rings (SSSR count). The van der Waals surface area contributed by atoms with Crippen molar-refractivity contribution in [2.45, 2.75) is 13.5 Å². The van der Waals surface area contributed by atoms with Gasteiger partial charge in [-0.2, -0.15) is 0 Å². The average Bonchev–Trinajstić information content (AvgIpc) is 3.24. The van der Waals surface area contributed by atoms with Gasteiger partial charge in [0.25, 0.3) is 5.89 Å². The first-order valence-electron chi connectivity index (χ1n) is 9.23. The van der Waals surface area contributed by atoms with Gasteiger partial charge in [0.15, 0.2) is 0 Å². The van der Waals surface area contributed by atoms with Crippen LogP contribution in [-0.2, 0) is 6.54 Å². The van der Waals surface area contributed by atoms with Crippen LogP contribution in [0.25, 0.3) is 11.4 Å². The number of nitrogens with zero attached hydrogens (tertiary/aromatic N) is 3. The van der Waals surface area contributed by atoms with Gasteiger partial charge >= 0.3 is 5.91 Å². The molecule has 0 radical (unpaired) electrons. The number of aromatic nitrogens is 3. The van der Waals surface area contributed by atoms with Crippen LogP contribution in [0, 0.1) is 6.92 Å². The Morgan fingerprint density at radius 3 is 2.73 bits per heavy atom. The van der Waals surface area contributed by atoms with Crippen LogP contribution in [0.1, 0.15) is 21.8 Å². The van der Waals surface area contributed by atoms with E-state index in [0.717, 1.165) is 16.8 Å². The summed E-state index contributed by atoms with van der Waals surface area (Å²) in [5, 5.41) is 6.52. The number of carbonyl (C=O) groups excluding carboxylic acids is 1. The second-order valence-corrected chi connectivity index (χ2v) is 7.00. The molecule has 2 aromatic carbocycles. The summed E-state index contributed by atoms with van der Waals surface area (Å²) >= 11 is 5.97. The van der Waals surface area contributed by atoms with E-state index < -0.39 is 5.91 Å². The third-order valence-corrected chi connectivity index (χ3v) is 4.52. The lowest BCUT2D eigenvalue weighted by Gasteiger charge is -2.07. The van der Waals surface area contributed by atoms with Crippen LogP contribution in [-0.4, -0.2) is 20.9 Å². The zero-order valence-corrected chi connectivity index (χ0v) is 16.8. The molecule has 2 aromatic heterocycles. The molecule has 0 aliphatic rings. The van der Waals surface area contributed by atoms with Crippen molar-refractivity contribution in [3.63, 3.8) is 0 Å². The van der Waals surface area contributed by atoms with E-state index in [1.165, 1.54) is 6.26 Å². The molecule has 0 fully saturated rings. The number of halogens is 1. The first kappa shape index (κ1) is 19.6. The second-order valence-electron chi connectivity index (χ2n) is 6.57. The third kappa shape index (κ3) is 4.64. The molecule has 0 saturated carbocycles. The van der Waals surface area contributed by atoms with E-state index in [2.05, 4.69) is 25.6 Å². The van der Waals surface area contributed by atoms with E-state index >= 15 is 0 Å². The standard InChI is InChI=1S/C22H18ClN5O2/c1-14-11-25-22(26-17-8-3-2-4-9-17)28-19(14)18-13-30-21(27-18)20(29)24-12-15-6-5-7-16(23)10-15/h2-11,13H,12H2,1H3,(H,24,29)(H,25,26,28). The van der Waals surface area contributed by atoms with Gasteiger partial charge in [-0.1, -0.05) is 41.9 Å². The molecule has 1 amide bonds. The Labute approximate surface area is 178 Å². The highest BCUT2D eigenvalue weighted by molar-refractivity contribution is 6.30. The minimum Gasteiger partial charge on any atom is -0.440 e. The lowest BCUT2D eigenvalue weighted by atomic mass is 10.2. The predicted molar refractivity (Wildman–Crippen MR) is 115 cm³/mol. The highest BCUT2D eigenvalue weighted by Gasteiger charge is 2.17. The molecule has 0 bridgehead atoms. The summed E-state index contributed by atoms with van der Waals surface area (Å²) < 4.78 is 5.38. The fourth-order valence-electron chi connectivity index (χ4n) is 2.80. The van der Waals surface area contributed by atoms with Crippen molar-refractivity contribution in [3.8, 4) is 11.4 Å². The number of hydrogen-bond acceptors (Lipinski definition) is 6. The maximum absolute atomic E-state index is 12.4. The molecule has 150 valence electrons. The minimum atomic E-state index is -0.421. The van der Waals surface area contributed by atoms with Crippen molar-refractivity contribution < 1.29 is 9.21 Å². The molecule has 4 aromatic rings. The van der Waals surface area contributed by atoms with Gasteiger partial charge in [-0.15, -0.1) is 0 Å². The third-order valence-electron chi connectivity index (χ3n) is 4.28. The number of benzene rings is 2. The van der Waals surface area contributed by atoms with E-state index in [-0.39, 0.29) is 5.89 Å². The van der Waals surface area contributed by atoms with Gasteiger partial charge in [-0.3, -0.25) is 4.79 Å². The highest BCUT2D eigenvalue weighted by atomic mass is 35.5. The zero-order chi connectivity index (χ0) is 20.9. The maximum Gasteiger partial charge on any atom is 0.307 e. The topological polar surface area (TPSA) is 92.9 Å². The first-order valence-corrected chi connectivity index (χ1v) is 9.60. The molecule has 8 heteroatoms.